The molecule has 7 heteroatoms. The predicted octanol–water partition coefficient (Wildman–Crippen LogP) is 3.81. The maximum atomic E-state index is 12.1. The maximum Gasteiger partial charge on any atom is 0.236 e. The lowest BCUT2D eigenvalue weighted by molar-refractivity contribution is 0.600. The molecule has 0 aliphatic carbocycles. The van der Waals surface area contributed by atoms with Crippen LogP contribution in [0.4, 0.5) is 5.69 Å². The van der Waals surface area contributed by atoms with Gasteiger partial charge in [-0.15, -0.1) is 0 Å². The van der Waals surface area contributed by atoms with Gasteiger partial charge in [-0.25, -0.2) is 8.42 Å². The number of hydrogen-bond donors (Lipinski definition) is 1. The molecule has 0 bridgehead atoms. The number of benzene rings is 2. The number of nitriles is 1. The number of halogens is 2. The molecular weight excluding hydrogens is 331 g/mol. The van der Waals surface area contributed by atoms with Gasteiger partial charge in [-0.2, -0.15) is 5.26 Å². The fraction of sp³-hybridized carbons (Fsp3) is 0.0714. The Morgan fingerprint density at radius 1 is 1.10 bits per heavy atom. The summed E-state index contributed by atoms with van der Waals surface area (Å²) in [5, 5.41) is 9.36. The van der Waals surface area contributed by atoms with E-state index in [9.17, 15) is 8.42 Å². The van der Waals surface area contributed by atoms with Crippen LogP contribution in [0.3, 0.4) is 0 Å². The van der Waals surface area contributed by atoms with E-state index >= 15 is 0 Å². The normalized spacial score (nSPS) is 10.9. The molecule has 0 unspecified atom stereocenters. The van der Waals surface area contributed by atoms with Crippen molar-refractivity contribution in [3.63, 3.8) is 0 Å². The molecule has 0 heterocycles. The van der Waals surface area contributed by atoms with E-state index in [1.54, 1.807) is 30.3 Å². The number of hydrogen-bond acceptors (Lipinski definition) is 3. The van der Waals surface area contributed by atoms with Gasteiger partial charge in [0, 0.05) is 5.02 Å². The van der Waals surface area contributed by atoms with Crippen molar-refractivity contribution in [1.82, 2.24) is 0 Å². The van der Waals surface area contributed by atoms with E-state index in [0.717, 1.165) is 0 Å². The van der Waals surface area contributed by atoms with Crippen LogP contribution in [0, 0.1) is 11.3 Å². The molecular formula is C14H10Cl2N2O2S. The smallest absolute Gasteiger partial charge is 0.236 e. The lowest BCUT2D eigenvalue weighted by Crippen LogP contribution is -2.15. The van der Waals surface area contributed by atoms with E-state index in [-0.39, 0.29) is 16.5 Å². The molecule has 21 heavy (non-hydrogen) atoms. The fourth-order valence-corrected chi connectivity index (χ4v) is 3.27. The monoisotopic (exact) mass is 340 g/mol. The zero-order valence-electron chi connectivity index (χ0n) is 10.7. The van der Waals surface area contributed by atoms with Crippen LogP contribution in [0.2, 0.25) is 10.0 Å². The second-order valence-corrected chi connectivity index (χ2v) is 6.86. The molecule has 0 radical (unpaired) electrons. The molecule has 2 aromatic rings. The molecule has 0 aliphatic heterocycles. The molecule has 4 nitrogen and oxygen atoms in total. The Morgan fingerprint density at radius 3 is 2.38 bits per heavy atom. The Morgan fingerprint density at radius 2 is 1.76 bits per heavy atom. The highest BCUT2D eigenvalue weighted by molar-refractivity contribution is 7.91. The van der Waals surface area contributed by atoms with Crippen molar-refractivity contribution in [2.24, 2.45) is 0 Å². The summed E-state index contributed by atoms with van der Waals surface area (Å²) in [7, 11) is -3.62. The standard InChI is InChI=1S/C14H10Cl2N2O2S/c15-12-5-6-13(16)14(7-12)18-21(19,20)9-11-3-1-10(8-17)2-4-11/h1-7,18H,9H2. The second-order valence-electron chi connectivity index (χ2n) is 4.29. The van der Waals surface area contributed by atoms with Crippen molar-refractivity contribution in [2.75, 3.05) is 4.72 Å². The van der Waals surface area contributed by atoms with E-state index < -0.39 is 10.0 Å². The first-order chi connectivity index (χ1) is 9.89. The highest BCUT2D eigenvalue weighted by atomic mass is 35.5. The SMILES string of the molecule is N#Cc1ccc(CS(=O)(=O)Nc2cc(Cl)ccc2Cl)cc1. The van der Waals surface area contributed by atoms with E-state index in [2.05, 4.69) is 4.72 Å². The zero-order chi connectivity index (χ0) is 15.5. The van der Waals surface area contributed by atoms with E-state index in [0.29, 0.717) is 16.1 Å². The first kappa shape index (κ1) is 15.6. The van der Waals surface area contributed by atoms with Gasteiger partial charge in [0.1, 0.15) is 0 Å². The van der Waals surface area contributed by atoms with Gasteiger partial charge in [0.25, 0.3) is 0 Å². The Bertz CT molecular complexity index is 797. The quantitative estimate of drug-likeness (QED) is 0.919. The van der Waals surface area contributed by atoms with Gasteiger partial charge in [0.2, 0.25) is 10.0 Å². The molecule has 0 saturated carbocycles. The average Bonchev–Trinajstić information content (AvgIpc) is 2.43. The van der Waals surface area contributed by atoms with Crippen LogP contribution >= 0.6 is 23.2 Å². The molecule has 2 rings (SSSR count). The number of anilines is 1. The maximum absolute atomic E-state index is 12.1. The van der Waals surface area contributed by atoms with Crippen LogP contribution in [0.5, 0.6) is 0 Å². The molecule has 0 saturated heterocycles. The lowest BCUT2D eigenvalue weighted by Gasteiger charge is -2.10. The third kappa shape index (κ3) is 4.36. The van der Waals surface area contributed by atoms with Crippen LogP contribution in [0.15, 0.2) is 42.5 Å². The average molecular weight is 341 g/mol. The minimum absolute atomic E-state index is 0.221. The summed E-state index contributed by atoms with van der Waals surface area (Å²) in [5.74, 6) is -0.221. The highest BCUT2D eigenvalue weighted by Gasteiger charge is 2.14. The summed E-state index contributed by atoms with van der Waals surface area (Å²) >= 11 is 11.7. The van der Waals surface area contributed by atoms with E-state index in [1.807, 2.05) is 6.07 Å². The van der Waals surface area contributed by atoms with Crippen LogP contribution in [0.1, 0.15) is 11.1 Å². The summed E-state index contributed by atoms with van der Waals surface area (Å²) in [6.45, 7) is 0. The molecule has 2 aromatic carbocycles. The van der Waals surface area contributed by atoms with Crippen molar-refractivity contribution >= 4 is 38.9 Å². The molecule has 0 fully saturated rings. The van der Waals surface area contributed by atoms with Crippen molar-refractivity contribution in [1.29, 1.82) is 5.26 Å². The molecule has 0 spiro atoms. The molecule has 0 amide bonds. The summed E-state index contributed by atoms with van der Waals surface area (Å²) in [5.41, 5.74) is 1.28. The first-order valence-electron chi connectivity index (χ1n) is 5.84. The van der Waals surface area contributed by atoms with Crippen molar-refractivity contribution in [2.45, 2.75) is 5.75 Å². The first-order valence-corrected chi connectivity index (χ1v) is 8.25. The van der Waals surface area contributed by atoms with Crippen molar-refractivity contribution in [3.05, 3.63) is 63.6 Å². The molecule has 0 aromatic heterocycles. The Labute approximate surface area is 133 Å². The van der Waals surface area contributed by atoms with Crippen LogP contribution in [-0.4, -0.2) is 8.42 Å². The van der Waals surface area contributed by atoms with Crippen molar-refractivity contribution < 1.29 is 8.42 Å². The topological polar surface area (TPSA) is 70.0 Å². The van der Waals surface area contributed by atoms with Gasteiger partial charge in [-0.1, -0.05) is 35.3 Å². The number of nitrogens with one attached hydrogen (secondary N) is 1. The van der Waals surface area contributed by atoms with Crippen LogP contribution in [-0.2, 0) is 15.8 Å². The molecule has 1 N–H and O–H groups in total. The van der Waals surface area contributed by atoms with Gasteiger partial charge >= 0.3 is 0 Å². The molecule has 0 atom stereocenters. The number of sulfonamides is 1. The number of nitrogens with zero attached hydrogens (tertiary/aromatic N) is 1. The minimum Gasteiger partial charge on any atom is -0.282 e. The largest absolute Gasteiger partial charge is 0.282 e. The Kier molecular flexibility index (Phi) is 4.73. The summed E-state index contributed by atoms with van der Waals surface area (Å²) in [6, 6.07) is 12.8. The van der Waals surface area contributed by atoms with Gasteiger partial charge < -0.3 is 0 Å². The number of rotatable bonds is 4. The van der Waals surface area contributed by atoms with Gasteiger partial charge in [-0.3, -0.25) is 4.72 Å². The third-order valence-corrected chi connectivity index (χ3v) is 4.44. The predicted molar refractivity (Wildman–Crippen MR) is 83.9 cm³/mol. The van der Waals surface area contributed by atoms with Gasteiger partial charge in [-0.05, 0) is 35.9 Å². The summed E-state index contributed by atoms with van der Waals surface area (Å²) < 4.78 is 26.6. The lowest BCUT2D eigenvalue weighted by atomic mass is 10.2. The molecule has 108 valence electrons. The Balaban J connectivity index is 2.18. The van der Waals surface area contributed by atoms with Crippen molar-refractivity contribution in [3.8, 4) is 6.07 Å². The molecule has 0 aliphatic rings. The van der Waals surface area contributed by atoms with Crippen LogP contribution in [0.25, 0.3) is 0 Å². The Hall–Kier alpha value is -1.74. The van der Waals surface area contributed by atoms with Gasteiger partial charge in [0.05, 0.1) is 28.1 Å². The zero-order valence-corrected chi connectivity index (χ0v) is 13.0. The minimum atomic E-state index is -3.62. The fourth-order valence-electron chi connectivity index (χ4n) is 1.67. The van der Waals surface area contributed by atoms with E-state index in [1.165, 1.54) is 12.1 Å². The summed E-state index contributed by atoms with van der Waals surface area (Å²) in [4.78, 5) is 0. The van der Waals surface area contributed by atoms with Gasteiger partial charge in [0.15, 0.2) is 0 Å². The van der Waals surface area contributed by atoms with Crippen LogP contribution < -0.4 is 4.72 Å². The highest BCUT2D eigenvalue weighted by Crippen LogP contribution is 2.26. The van der Waals surface area contributed by atoms with E-state index in [4.69, 9.17) is 28.5 Å². The second kappa shape index (κ2) is 6.35. The summed E-state index contributed by atoms with van der Waals surface area (Å²) in [6.07, 6.45) is 0. The third-order valence-electron chi connectivity index (χ3n) is 2.63.